The van der Waals surface area contributed by atoms with Crippen LogP contribution in [0.3, 0.4) is 0 Å². The number of rotatable bonds is 5. The Kier molecular flexibility index (Phi) is 4.74. The van der Waals surface area contributed by atoms with Gasteiger partial charge in [-0.15, -0.1) is 0 Å². The molecular weight excluding hydrogens is 394 g/mol. The van der Waals surface area contributed by atoms with Gasteiger partial charge in [0, 0.05) is 43.0 Å². The Morgan fingerprint density at radius 2 is 1.90 bits per heavy atom. The second-order valence-electron chi connectivity index (χ2n) is 7.48. The Morgan fingerprint density at radius 3 is 2.65 bits per heavy atom. The summed E-state index contributed by atoms with van der Waals surface area (Å²) in [5.41, 5.74) is 3.70. The molecular formula is C23H21N5O3. The van der Waals surface area contributed by atoms with Crippen molar-refractivity contribution in [2.75, 3.05) is 18.6 Å². The van der Waals surface area contributed by atoms with Crippen molar-refractivity contribution in [1.82, 2.24) is 19.9 Å². The van der Waals surface area contributed by atoms with E-state index in [-0.39, 0.29) is 11.8 Å². The van der Waals surface area contributed by atoms with Crippen LogP contribution in [0, 0.1) is 0 Å². The maximum atomic E-state index is 12.6. The van der Waals surface area contributed by atoms with E-state index in [1.54, 1.807) is 18.2 Å². The van der Waals surface area contributed by atoms with Gasteiger partial charge in [-0.05, 0) is 36.4 Å². The molecule has 1 aliphatic heterocycles. The maximum Gasteiger partial charge on any atom is 0.232 e. The molecule has 2 aromatic carbocycles. The zero-order valence-electron chi connectivity index (χ0n) is 17.2. The molecule has 0 N–H and O–H groups in total. The zero-order chi connectivity index (χ0) is 21.4. The molecule has 0 aliphatic carbocycles. The fourth-order valence-electron chi connectivity index (χ4n) is 3.88. The van der Waals surface area contributed by atoms with Gasteiger partial charge >= 0.3 is 0 Å². The molecule has 156 valence electrons. The molecule has 1 saturated heterocycles. The van der Waals surface area contributed by atoms with Crippen molar-refractivity contribution >= 4 is 11.6 Å². The van der Waals surface area contributed by atoms with E-state index in [9.17, 15) is 4.79 Å². The van der Waals surface area contributed by atoms with Crippen LogP contribution in [-0.4, -0.2) is 39.5 Å². The van der Waals surface area contributed by atoms with Crippen LogP contribution >= 0.6 is 0 Å². The lowest BCUT2D eigenvalue weighted by Crippen LogP contribution is -2.24. The van der Waals surface area contributed by atoms with Gasteiger partial charge < -0.3 is 14.2 Å². The summed E-state index contributed by atoms with van der Waals surface area (Å²) in [4.78, 5) is 18.9. The van der Waals surface area contributed by atoms with E-state index in [1.165, 1.54) is 0 Å². The van der Waals surface area contributed by atoms with Gasteiger partial charge in [0.25, 0.3) is 0 Å². The van der Waals surface area contributed by atoms with Gasteiger partial charge in [-0.2, -0.15) is 10.1 Å². The van der Waals surface area contributed by atoms with Crippen LogP contribution in [0.15, 0.2) is 65.3 Å². The highest BCUT2D eigenvalue weighted by Crippen LogP contribution is 2.33. The van der Waals surface area contributed by atoms with Gasteiger partial charge in [0.05, 0.1) is 18.7 Å². The molecule has 0 saturated carbocycles. The number of benzene rings is 2. The number of nitrogens with zero attached hydrogens (tertiary/aromatic N) is 5. The van der Waals surface area contributed by atoms with Crippen molar-refractivity contribution in [3.63, 3.8) is 0 Å². The van der Waals surface area contributed by atoms with Crippen molar-refractivity contribution in [3.8, 4) is 28.4 Å². The number of hydrogen-bond acceptors (Lipinski definition) is 6. The van der Waals surface area contributed by atoms with E-state index in [2.05, 4.69) is 15.2 Å². The number of ether oxygens (including phenoxy) is 1. The number of hydrogen-bond donors (Lipinski definition) is 0. The van der Waals surface area contributed by atoms with Crippen LogP contribution in [0.1, 0.15) is 18.2 Å². The molecule has 1 aliphatic rings. The third-order valence-corrected chi connectivity index (χ3v) is 5.54. The first-order valence-corrected chi connectivity index (χ1v) is 9.99. The van der Waals surface area contributed by atoms with Crippen LogP contribution < -0.4 is 9.64 Å². The molecule has 4 aromatic rings. The van der Waals surface area contributed by atoms with Crippen molar-refractivity contribution in [3.05, 3.63) is 66.7 Å². The quantitative estimate of drug-likeness (QED) is 0.494. The highest BCUT2D eigenvalue weighted by atomic mass is 16.5. The number of amides is 1. The first-order valence-electron chi connectivity index (χ1n) is 9.99. The van der Waals surface area contributed by atoms with Crippen LogP contribution in [0.2, 0.25) is 0 Å². The molecule has 31 heavy (non-hydrogen) atoms. The van der Waals surface area contributed by atoms with E-state index in [4.69, 9.17) is 9.26 Å². The molecule has 1 amide bonds. The fraction of sp³-hybridized carbons (Fsp3) is 0.217. The number of carbonyl (C=O) groups excluding carboxylic acids is 1. The summed E-state index contributed by atoms with van der Waals surface area (Å²) in [7, 11) is 3.52. The Bertz CT molecular complexity index is 1230. The molecule has 1 fully saturated rings. The smallest absolute Gasteiger partial charge is 0.232 e. The minimum atomic E-state index is -0.142. The molecule has 8 nitrogen and oxygen atoms in total. The topological polar surface area (TPSA) is 86.3 Å². The molecule has 0 spiro atoms. The van der Waals surface area contributed by atoms with Crippen LogP contribution in [-0.2, 0) is 11.8 Å². The lowest BCUT2D eigenvalue weighted by atomic mass is 10.1. The summed E-state index contributed by atoms with van der Waals surface area (Å²) >= 11 is 0. The average Bonchev–Trinajstić information content (AvgIpc) is 3.53. The second-order valence-corrected chi connectivity index (χ2v) is 7.48. The average molecular weight is 415 g/mol. The van der Waals surface area contributed by atoms with Crippen molar-refractivity contribution in [1.29, 1.82) is 0 Å². The monoisotopic (exact) mass is 415 g/mol. The summed E-state index contributed by atoms with van der Waals surface area (Å²) in [5, 5.41) is 8.39. The van der Waals surface area contributed by atoms with Gasteiger partial charge in [0.15, 0.2) is 0 Å². The number of aromatic nitrogens is 4. The van der Waals surface area contributed by atoms with Gasteiger partial charge in [-0.3, -0.25) is 9.48 Å². The Labute approximate surface area is 179 Å². The van der Waals surface area contributed by atoms with Crippen LogP contribution in [0.25, 0.3) is 22.6 Å². The number of aryl methyl sites for hydroxylation is 1. The van der Waals surface area contributed by atoms with E-state index >= 15 is 0 Å². The van der Waals surface area contributed by atoms with Crippen molar-refractivity contribution in [2.45, 2.75) is 12.3 Å². The van der Waals surface area contributed by atoms with E-state index in [1.807, 2.05) is 66.3 Å². The molecule has 8 heteroatoms. The highest BCUT2D eigenvalue weighted by molar-refractivity contribution is 5.96. The van der Waals surface area contributed by atoms with Gasteiger partial charge in [0.2, 0.25) is 17.6 Å². The van der Waals surface area contributed by atoms with E-state index < -0.39 is 0 Å². The number of methoxy groups -OCH3 is 1. The Morgan fingerprint density at radius 1 is 1.10 bits per heavy atom. The zero-order valence-corrected chi connectivity index (χ0v) is 17.2. The van der Waals surface area contributed by atoms with Crippen LogP contribution in [0.5, 0.6) is 5.75 Å². The highest BCUT2D eigenvalue weighted by Gasteiger charge is 2.35. The molecule has 1 atom stereocenters. The molecule has 1 unspecified atom stereocenters. The molecule has 0 bridgehead atoms. The molecule has 0 radical (unpaired) electrons. The standard InChI is InChI=1S/C23H21N5O3/c1-27-20(10-11-24-27)15-4-3-5-16(12-15)22-25-23(31-26-22)17-13-21(29)28(14-17)18-6-8-19(30-2)9-7-18/h3-12,17H,13-14H2,1-2H3. The third-order valence-electron chi connectivity index (χ3n) is 5.54. The molecule has 2 aromatic heterocycles. The summed E-state index contributed by atoms with van der Waals surface area (Å²) in [5.74, 6) is 1.63. The Balaban J connectivity index is 1.36. The van der Waals surface area contributed by atoms with Gasteiger partial charge in [-0.1, -0.05) is 23.4 Å². The summed E-state index contributed by atoms with van der Waals surface area (Å²) < 4.78 is 12.6. The minimum Gasteiger partial charge on any atom is -0.497 e. The first-order chi connectivity index (χ1) is 15.1. The first kappa shape index (κ1) is 19.0. The lowest BCUT2D eigenvalue weighted by molar-refractivity contribution is -0.117. The normalized spacial score (nSPS) is 16.1. The summed E-state index contributed by atoms with van der Waals surface area (Å²) in [6, 6.07) is 17.3. The predicted molar refractivity (Wildman–Crippen MR) is 115 cm³/mol. The maximum absolute atomic E-state index is 12.6. The number of carbonyl (C=O) groups is 1. The fourth-order valence-corrected chi connectivity index (χ4v) is 3.88. The van der Waals surface area contributed by atoms with Gasteiger partial charge in [0.1, 0.15) is 5.75 Å². The SMILES string of the molecule is COc1ccc(N2CC(c3nc(-c4cccc(-c5ccnn5C)c4)no3)CC2=O)cc1. The minimum absolute atomic E-state index is 0.0353. The largest absolute Gasteiger partial charge is 0.497 e. The lowest BCUT2D eigenvalue weighted by Gasteiger charge is -2.16. The second kappa shape index (κ2) is 7.71. The van der Waals surface area contributed by atoms with Gasteiger partial charge in [-0.25, -0.2) is 0 Å². The molecule has 5 rings (SSSR count). The van der Waals surface area contributed by atoms with Crippen LogP contribution in [0.4, 0.5) is 5.69 Å². The Hall–Kier alpha value is -3.94. The third kappa shape index (κ3) is 3.56. The van der Waals surface area contributed by atoms with E-state index in [0.29, 0.717) is 24.7 Å². The van der Waals surface area contributed by atoms with Crippen molar-refractivity contribution in [2.24, 2.45) is 7.05 Å². The molecule has 3 heterocycles. The summed E-state index contributed by atoms with van der Waals surface area (Å²) in [6.07, 6.45) is 2.10. The van der Waals surface area contributed by atoms with E-state index in [0.717, 1.165) is 28.3 Å². The predicted octanol–water partition coefficient (Wildman–Crippen LogP) is 3.67. The number of anilines is 1. The summed E-state index contributed by atoms with van der Waals surface area (Å²) in [6.45, 7) is 0.502. The van der Waals surface area contributed by atoms with Crippen molar-refractivity contribution < 1.29 is 14.1 Å².